The summed E-state index contributed by atoms with van der Waals surface area (Å²) in [6.45, 7) is 3.47. The normalized spacial score (nSPS) is 15.0. The van der Waals surface area contributed by atoms with Crippen LogP contribution in [0, 0.1) is 0 Å². The monoisotopic (exact) mass is 390 g/mol. The van der Waals surface area contributed by atoms with Crippen LogP contribution < -0.4 is 4.90 Å². The standard InChI is InChI=1S/C22H47NO4/c1-2-3-4-5-6-7-8-9-10-11-12-13-14-15-16-23(17-21(26)19-24)18-22(27)20-25/h21-22,24-27H,2-20H2,1H3/p+1. The van der Waals surface area contributed by atoms with Crippen molar-refractivity contribution in [1.29, 1.82) is 0 Å². The largest absolute Gasteiger partial charge is 0.393 e. The quantitative estimate of drug-likeness (QED) is 0.194. The Kier molecular flexibility index (Phi) is 20.4. The second kappa shape index (κ2) is 20.5. The SMILES string of the molecule is CCCCCCCCCCCCCCCC[NH+](CC(O)CO)CC(O)CO. The van der Waals surface area contributed by atoms with Gasteiger partial charge in [0.05, 0.1) is 19.8 Å². The van der Waals surface area contributed by atoms with Crippen LogP contribution in [-0.2, 0) is 0 Å². The minimum absolute atomic E-state index is 0.253. The van der Waals surface area contributed by atoms with Crippen molar-refractivity contribution < 1.29 is 25.3 Å². The fourth-order valence-corrected chi connectivity index (χ4v) is 3.65. The van der Waals surface area contributed by atoms with Crippen molar-refractivity contribution in [2.45, 2.75) is 109 Å². The average molecular weight is 391 g/mol. The molecule has 0 rings (SSSR count). The van der Waals surface area contributed by atoms with Crippen LogP contribution in [-0.4, -0.2) is 65.5 Å². The number of hydrogen-bond donors (Lipinski definition) is 5. The number of rotatable bonds is 21. The minimum Gasteiger partial charge on any atom is -0.393 e. The molecule has 0 radical (unpaired) electrons. The lowest BCUT2D eigenvalue weighted by molar-refractivity contribution is -0.906. The zero-order chi connectivity index (χ0) is 20.2. The predicted molar refractivity (Wildman–Crippen MR) is 112 cm³/mol. The second-order valence-corrected chi connectivity index (χ2v) is 8.18. The van der Waals surface area contributed by atoms with Crippen LogP contribution in [0.15, 0.2) is 0 Å². The van der Waals surface area contributed by atoms with Gasteiger partial charge in [0.25, 0.3) is 0 Å². The van der Waals surface area contributed by atoms with Gasteiger partial charge in [-0.05, 0) is 12.8 Å². The first-order valence-corrected chi connectivity index (χ1v) is 11.5. The third-order valence-electron chi connectivity index (χ3n) is 5.35. The van der Waals surface area contributed by atoms with E-state index in [-0.39, 0.29) is 13.2 Å². The highest BCUT2D eigenvalue weighted by molar-refractivity contribution is 4.53. The Labute approximate surface area is 167 Å². The summed E-state index contributed by atoms with van der Waals surface area (Å²) in [5.74, 6) is 0. The van der Waals surface area contributed by atoms with Crippen LogP contribution in [0.5, 0.6) is 0 Å². The molecule has 5 N–H and O–H groups in total. The fraction of sp³-hybridized carbons (Fsp3) is 1.00. The molecule has 0 aliphatic rings. The Morgan fingerprint density at radius 2 is 0.889 bits per heavy atom. The first-order chi connectivity index (χ1) is 13.1. The van der Waals surface area contributed by atoms with E-state index in [9.17, 15) is 10.2 Å². The summed E-state index contributed by atoms with van der Waals surface area (Å²) < 4.78 is 0. The molecule has 0 aromatic heterocycles. The molecule has 0 saturated heterocycles. The molecule has 0 aromatic rings. The number of hydrogen-bond acceptors (Lipinski definition) is 4. The number of aliphatic hydroxyl groups excluding tert-OH is 4. The molecule has 0 heterocycles. The van der Waals surface area contributed by atoms with Gasteiger partial charge in [-0.15, -0.1) is 0 Å². The maximum Gasteiger partial charge on any atom is 0.126 e. The van der Waals surface area contributed by atoms with Gasteiger partial charge in [0, 0.05) is 0 Å². The second-order valence-electron chi connectivity index (χ2n) is 8.18. The highest BCUT2D eigenvalue weighted by Gasteiger charge is 2.17. The number of nitrogens with one attached hydrogen (secondary N) is 1. The molecule has 0 aliphatic heterocycles. The molecule has 0 fully saturated rings. The van der Waals surface area contributed by atoms with Crippen LogP contribution >= 0.6 is 0 Å². The Morgan fingerprint density at radius 1 is 0.556 bits per heavy atom. The van der Waals surface area contributed by atoms with E-state index in [0.29, 0.717) is 13.1 Å². The summed E-state index contributed by atoms with van der Waals surface area (Å²) in [6.07, 6.45) is 17.1. The molecule has 0 aliphatic carbocycles. The van der Waals surface area contributed by atoms with Gasteiger partial charge >= 0.3 is 0 Å². The first-order valence-electron chi connectivity index (χ1n) is 11.5. The molecule has 164 valence electrons. The molecule has 0 spiro atoms. The lowest BCUT2D eigenvalue weighted by Gasteiger charge is -2.23. The molecule has 0 amide bonds. The van der Waals surface area contributed by atoms with Gasteiger partial charge in [-0.3, -0.25) is 0 Å². The molecule has 5 heteroatoms. The van der Waals surface area contributed by atoms with Gasteiger partial charge in [0.2, 0.25) is 0 Å². The summed E-state index contributed by atoms with van der Waals surface area (Å²) >= 11 is 0. The molecule has 27 heavy (non-hydrogen) atoms. The smallest absolute Gasteiger partial charge is 0.126 e. The van der Waals surface area contributed by atoms with Crippen LogP contribution in [0.1, 0.15) is 96.8 Å². The zero-order valence-electron chi connectivity index (χ0n) is 17.9. The van der Waals surface area contributed by atoms with Gasteiger partial charge in [0.15, 0.2) is 0 Å². The van der Waals surface area contributed by atoms with Crippen LogP contribution in [0.2, 0.25) is 0 Å². The Balaban J connectivity index is 3.50. The molecular weight excluding hydrogens is 342 g/mol. The third-order valence-corrected chi connectivity index (χ3v) is 5.35. The molecule has 2 atom stereocenters. The van der Waals surface area contributed by atoms with Crippen molar-refractivity contribution in [3.63, 3.8) is 0 Å². The zero-order valence-corrected chi connectivity index (χ0v) is 17.9. The van der Waals surface area contributed by atoms with E-state index in [0.717, 1.165) is 17.9 Å². The molecular formula is C22H48NO4+. The lowest BCUT2D eigenvalue weighted by atomic mass is 10.0. The number of aliphatic hydroxyl groups is 4. The van der Waals surface area contributed by atoms with E-state index in [2.05, 4.69) is 6.92 Å². The molecule has 0 bridgehead atoms. The van der Waals surface area contributed by atoms with Crippen molar-refractivity contribution in [3.05, 3.63) is 0 Å². The van der Waals surface area contributed by atoms with Crippen LogP contribution in [0.3, 0.4) is 0 Å². The summed E-state index contributed by atoms with van der Waals surface area (Å²) in [5.41, 5.74) is 0. The predicted octanol–water partition coefficient (Wildman–Crippen LogP) is 2.06. The molecule has 5 nitrogen and oxygen atoms in total. The van der Waals surface area contributed by atoms with Crippen molar-refractivity contribution in [1.82, 2.24) is 0 Å². The summed E-state index contributed by atoms with van der Waals surface area (Å²) in [6, 6.07) is 0. The molecule has 0 saturated carbocycles. The molecule has 0 aromatic carbocycles. The maximum atomic E-state index is 9.61. The van der Waals surface area contributed by atoms with Crippen LogP contribution in [0.25, 0.3) is 0 Å². The topological polar surface area (TPSA) is 85.4 Å². The third kappa shape index (κ3) is 18.9. The van der Waals surface area contributed by atoms with Gasteiger partial charge < -0.3 is 25.3 Å². The van der Waals surface area contributed by atoms with Crippen molar-refractivity contribution >= 4 is 0 Å². The van der Waals surface area contributed by atoms with Gasteiger partial charge in [0.1, 0.15) is 25.3 Å². The highest BCUT2D eigenvalue weighted by Crippen LogP contribution is 2.12. The van der Waals surface area contributed by atoms with Crippen LogP contribution in [0.4, 0.5) is 0 Å². The highest BCUT2D eigenvalue weighted by atomic mass is 16.3. The van der Waals surface area contributed by atoms with E-state index in [1.807, 2.05) is 0 Å². The first kappa shape index (κ1) is 26.8. The maximum absolute atomic E-state index is 9.61. The minimum atomic E-state index is -0.752. The fourth-order valence-electron chi connectivity index (χ4n) is 3.65. The van der Waals surface area contributed by atoms with E-state index >= 15 is 0 Å². The van der Waals surface area contributed by atoms with E-state index < -0.39 is 12.2 Å². The number of quaternary nitrogens is 1. The summed E-state index contributed by atoms with van der Waals surface area (Å²) in [5, 5.41) is 37.2. The Morgan fingerprint density at radius 3 is 1.22 bits per heavy atom. The van der Waals surface area contributed by atoms with E-state index in [1.54, 1.807) is 0 Å². The average Bonchev–Trinajstić information content (AvgIpc) is 2.67. The lowest BCUT2D eigenvalue weighted by Crippen LogP contribution is -3.14. The van der Waals surface area contributed by atoms with Crippen molar-refractivity contribution in [2.75, 3.05) is 32.8 Å². The van der Waals surface area contributed by atoms with E-state index in [1.165, 1.54) is 83.5 Å². The van der Waals surface area contributed by atoms with E-state index in [4.69, 9.17) is 10.2 Å². The van der Waals surface area contributed by atoms with Crippen molar-refractivity contribution in [3.8, 4) is 0 Å². The summed E-state index contributed by atoms with van der Waals surface area (Å²) in [4.78, 5) is 1.05. The van der Waals surface area contributed by atoms with Gasteiger partial charge in [-0.25, -0.2) is 0 Å². The van der Waals surface area contributed by atoms with Gasteiger partial charge in [-0.2, -0.15) is 0 Å². The van der Waals surface area contributed by atoms with Gasteiger partial charge in [-0.1, -0.05) is 84.0 Å². The summed E-state index contributed by atoms with van der Waals surface area (Å²) in [7, 11) is 0. The van der Waals surface area contributed by atoms with Crippen molar-refractivity contribution in [2.24, 2.45) is 0 Å². The number of unbranched alkanes of at least 4 members (excludes halogenated alkanes) is 13. The Bertz CT molecular complexity index is 279. The molecule has 2 unspecified atom stereocenters. The Hall–Kier alpha value is -0.200.